The molecule has 0 saturated heterocycles. The lowest BCUT2D eigenvalue weighted by atomic mass is 10.1. The Labute approximate surface area is 111 Å². The molecule has 0 radical (unpaired) electrons. The van der Waals surface area contributed by atoms with Crippen molar-refractivity contribution in [1.29, 1.82) is 0 Å². The maximum atomic E-state index is 11.8. The normalized spacial score (nSPS) is 11.3. The van der Waals surface area contributed by atoms with Gasteiger partial charge in [-0.05, 0) is 37.5 Å². The van der Waals surface area contributed by atoms with Crippen LogP contribution in [0.15, 0.2) is 17.0 Å². The van der Waals surface area contributed by atoms with Crippen LogP contribution in [-0.4, -0.2) is 21.0 Å². The topological polar surface area (TPSA) is 60.4 Å². The monoisotopic (exact) mass is 290 g/mol. The second-order valence-electron chi connectivity index (χ2n) is 4.01. The number of carbonyl (C=O) groups is 1. The van der Waals surface area contributed by atoms with Crippen molar-refractivity contribution in [3.8, 4) is 0 Å². The lowest BCUT2D eigenvalue weighted by Gasteiger charge is -2.10. The van der Waals surface area contributed by atoms with Crippen molar-refractivity contribution in [1.82, 2.24) is 0 Å². The van der Waals surface area contributed by atoms with Gasteiger partial charge in [-0.2, -0.15) is 0 Å². The quantitative estimate of drug-likeness (QED) is 0.632. The molecule has 0 aromatic heterocycles. The Morgan fingerprint density at radius 1 is 1.28 bits per heavy atom. The number of esters is 1. The van der Waals surface area contributed by atoms with Crippen LogP contribution < -0.4 is 0 Å². The van der Waals surface area contributed by atoms with E-state index in [0.29, 0.717) is 24.2 Å². The van der Waals surface area contributed by atoms with Crippen LogP contribution in [-0.2, 0) is 13.8 Å². The fourth-order valence-corrected chi connectivity index (χ4v) is 2.79. The fraction of sp³-hybridized carbons (Fsp3) is 0.417. The van der Waals surface area contributed by atoms with E-state index < -0.39 is 15.0 Å². The zero-order valence-corrected chi connectivity index (χ0v) is 12.1. The summed E-state index contributed by atoms with van der Waals surface area (Å²) in [6.45, 7) is 5.53. The second-order valence-corrected chi connectivity index (χ2v) is 6.54. The van der Waals surface area contributed by atoms with Crippen LogP contribution in [0.2, 0.25) is 0 Å². The first-order valence-corrected chi connectivity index (χ1v) is 7.81. The van der Waals surface area contributed by atoms with Gasteiger partial charge in [-0.25, -0.2) is 13.2 Å². The molecule has 0 bridgehead atoms. The van der Waals surface area contributed by atoms with E-state index in [1.165, 1.54) is 6.07 Å². The average Bonchev–Trinajstić information content (AvgIpc) is 2.24. The predicted octanol–water partition coefficient (Wildman–Crippen LogP) is 2.80. The Morgan fingerprint density at radius 3 is 2.39 bits per heavy atom. The van der Waals surface area contributed by atoms with E-state index in [4.69, 9.17) is 15.4 Å². The highest BCUT2D eigenvalue weighted by atomic mass is 35.7. The van der Waals surface area contributed by atoms with Crippen LogP contribution in [0, 0.1) is 13.8 Å². The van der Waals surface area contributed by atoms with Crippen LogP contribution >= 0.6 is 10.7 Å². The number of carbonyl (C=O) groups excluding carboxylic acids is 1. The molecule has 0 spiro atoms. The van der Waals surface area contributed by atoms with Crippen LogP contribution in [0.1, 0.15) is 34.8 Å². The number of benzene rings is 1. The molecule has 4 nitrogen and oxygen atoms in total. The van der Waals surface area contributed by atoms with Gasteiger partial charge >= 0.3 is 5.97 Å². The number of ether oxygens (including phenoxy) is 1. The van der Waals surface area contributed by atoms with E-state index in [-0.39, 0.29) is 10.5 Å². The zero-order valence-electron chi connectivity index (χ0n) is 10.5. The lowest BCUT2D eigenvalue weighted by molar-refractivity contribution is 0.0504. The molecule has 18 heavy (non-hydrogen) atoms. The van der Waals surface area contributed by atoms with Gasteiger partial charge in [0.15, 0.2) is 0 Å². The molecular formula is C12H15ClO4S. The van der Waals surface area contributed by atoms with E-state index >= 15 is 0 Å². The van der Waals surface area contributed by atoms with Crippen molar-refractivity contribution in [3.05, 3.63) is 28.8 Å². The smallest absolute Gasteiger partial charge is 0.338 e. The highest BCUT2D eigenvalue weighted by Crippen LogP contribution is 2.24. The first-order chi connectivity index (χ1) is 8.27. The molecule has 0 heterocycles. The molecule has 0 saturated carbocycles. The van der Waals surface area contributed by atoms with Crippen molar-refractivity contribution in [2.45, 2.75) is 32.1 Å². The SMILES string of the molecule is CCCOC(=O)c1cc(S(=O)(=O)Cl)c(C)cc1C. The van der Waals surface area contributed by atoms with Gasteiger partial charge in [0.25, 0.3) is 9.05 Å². The van der Waals surface area contributed by atoms with Crippen molar-refractivity contribution in [2.24, 2.45) is 0 Å². The highest BCUT2D eigenvalue weighted by Gasteiger charge is 2.19. The predicted molar refractivity (Wildman–Crippen MR) is 69.5 cm³/mol. The summed E-state index contributed by atoms with van der Waals surface area (Å²) in [5.74, 6) is -0.532. The minimum Gasteiger partial charge on any atom is -0.462 e. The molecule has 0 atom stereocenters. The van der Waals surface area contributed by atoms with Gasteiger partial charge in [-0.1, -0.05) is 13.0 Å². The van der Waals surface area contributed by atoms with Crippen molar-refractivity contribution >= 4 is 25.7 Å². The van der Waals surface area contributed by atoms with E-state index in [0.717, 1.165) is 0 Å². The van der Waals surface area contributed by atoms with Gasteiger partial charge in [-0.15, -0.1) is 0 Å². The number of hydrogen-bond donors (Lipinski definition) is 0. The minimum absolute atomic E-state index is 0.0572. The van der Waals surface area contributed by atoms with Crippen LogP contribution in [0.5, 0.6) is 0 Å². The average molecular weight is 291 g/mol. The summed E-state index contributed by atoms with van der Waals surface area (Å²) in [4.78, 5) is 11.7. The third-order valence-corrected chi connectivity index (χ3v) is 3.91. The standard InChI is InChI=1S/C12H15ClO4S/c1-4-5-17-12(14)10-7-11(18(13,15)16)9(3)6-8(10)2/h6-7H,4-5H2,1-3H3. The summed E-state index contributed by atoms with van der Waals surface area (Å²) in [6, 6.07) is 2.88. The maximum Gasteiger partial charge on any atom is 0.338 e. The highest BCUT2D eigenvalue weighted by molar-refractivity contribution is 8.13. The first kappa shape index (κ1) is 15.0. The first-order valence-electron chi connectivity index (χ1n) is 5.50. The summed E-state index contributed by atoms with van der Waals surface area (Å²) in [5, 5.41) is 0. The van der Waals surface area contributed by atoms with E-state index in [9.17, 15) is 13.2 Å². The number of aryl methyl sites for hydroxylation is 2. The molecule has 1 rings (SSSR count). The third-order valence-electron chi connectivity index (χ3n) is 2.44. The van der Waals surface area contributed by atoms with Crippen molar-refractivity contribution in [3.63, 3.8) is 0 Å². The Bertz CT molecular complexity index is 564. The summed E-state index contributed by atoms with van der Waals surface area (Å²) in [5.41, 5.74) is 1.40. The Balaban J connectivity index is 3.26. The minimum atomic E-state index is -3.86. The number of halogens is 1. The third kappa shape index (κ3) is 3.46. The largest absolute Gasteiger partial charge is 0.462 e. The maximum absolute atomic E-state index is 11.8. The molecule has 6 heteroatoms. The number of rotatable bonds is 4. The molecular weight excluding hydrogens is 276 g/mol. The molecule has 0 fully saturated rings. The molecule has 100 valence electrons. The van der Waals surface area contributed by atoms with Crippen molar-refractivity contribution in [2.75, 3.05) is 6.61 Å². The van der Waals surface area contributed by atoms with Gasteiger partial charge in [0, 0.05) is 10.7 Å². The van der Waals surface area contributed by atoms with Gasteiger partial charge < -0.3 is 4.74 Å². The molecule has 0 aliphatic carbocycles. The molecule has 0 N–H and O–H groups in total. The van der Waals surface area contributed by atoms with Crippen LogP contribution in [0.3, 0.4) is 0 Å². The number of hydrogen-bond acceptors (Lipinski definition) is 4. The van der Waals surface area contributed by atoms with Gasteiger partial charge in [-0.3, -0.25) is 0 Å². The summed E-state index contributed by atoms with van der Waals surface area (Å²) < 4.78 is 27.7. The lowest BCUT2D eigenvalue weighted by Crippen LogP contribution is -2.09. The zero-order chi connectivity index (χ0) is 13.9. The second kappa shape index (κ2) is 5.71. The van der Waals surface area contributed by atoms with E-state index in [1.807, 2.05) is 6.92 Å². The molecule has 1 aromatic rings. The van der Waals surface area contributed by atoms with Crippen LogP contribution in [0.4, 0.5) is 0 Å². The molecule has 0 amide bonds. The Hall–Kier alpha value is -1.07. The van der Waals surface area contributed by atoms with E-state index in [2.05, 4.69) is 0 Å². The van der Waals surface area contributed by atoms with Gasteiger partial charge in [0.2, 0.25) is 0 Å². The van der Waals surface area contributed by atoms with Gasteiger partial charge in [0.05, 0.1) is 17.1 Å². The van der Waals surface area contributed by atoms with E-state index in [1.54, 1.807) is 19.9 Å². The van der Waals surface area contributed by atoms with Crippen molar-refractivity contribution < 1.29 is 17.9 Å². The Kier molecular flexibility index (Phi) is 4.76. The van der Waals surface area contributed by atoms with Crippen LogP contribution in [0.25, 0.3) is 0 Å². The summed E-state index contributed by atoms with van der Waals surface area (Å²) in [7, 11) is 1.45. The Morgan fingerprint density at radius 2 is 1.89 bits per heavy atom. The summed E-state index contributed by atoms with van der Waals surface area (Å²) in [6.07, 6.45) is 0.706. The molecule has 0 aliphatic rings. The molecule has 0 unspecified atom stereocenters. The summed E-state index contributed by atoms with van der Waals surface area (Å²) >= 11 is 0. The molecule has 1 aromatic carbocycles. The fourth-order valence-electron chi connectivity index (χ4n) is 1.59. The van der Waals surface area contributed by atoms with Gasteiger partial charge in [0.1, 0.15) is 0 Å². The molecule has 0 aliphatic heterocycles.